The summed E-state index contributed by atoms with van der Waals surface area (Å²) in [7, 11) is 0. The molecule has 1 aliphatic carbocycles. The number of nitrogens with zero attached hydrogens (tertiary/aromatic N) is 3. The highest BCUT2D eigenvalue weighted by Gasteiger charge is 2.57. The SMILES string of the molecule is CC(C)c1nc2n(n1)CCCC2NC(=O)C1CC12CCNCC2. The first kappa shape index (κ1) is 15.1. The minimum Gasteiger partial charge on any atom is -0.346 e. The van der Waals surface area contributed by atoms with Gasteiger partial charge in [0.1, 0.15) is 5.82 Å². The van der Waals surface area contributed by atoms with Gasteiger partial charge in [0.25, 0.3) is 0 Å². The number of hydrogen-bond donors (Lipinski definition) is 2. The van der Waals surface area contributed by atoms with Gasteiger partial charge < -0.3 is 10.6 Å². The van der Waals surface area contributed by atoms with E-state index in [1.807, 2.05) is 4.68 Å². The third-order valence-corrected chi connectivity index (χ3v) is 5.83. The maximum Gasteiger partial charge on any atom is 0.224 e. The molecule has 6 heteroatoms. The molecule has 1 saturated heterocycles. The monoisotopic (exact) mass is 317 g/mol. The lowest BCUT2D eigenvalue weighted by Gasteiger charge is -2.25. The van der Waals surface area contributed by atoms with E-state index in [9.17, 15) is 4.79 Å². The van der Waals surface area contributed by atoms with Crippen molar-refractivity contribution in [1.82, 2.24) is 25.4 Å². The molecule has 126 valence electrons. The van der Waals surface area contributed by atoms with E-state index < -0.39 is 0 Å². The Hall–Kier alpha value is -1.43. The summed E-state index contributed by atoms with van der Waals surface area (Å²) in [5.74, 6) is 2.62. The second kappa shape index (κ2) is 5.58. The molecular formula is C17H27N5O. The van der Waals surface area contributed by atoms with Crippen LogP contribution in [-0.4, -0.2) is 33.8 Å². The van der Waals surface area contributed by atoms with E-state index in [4.69, 9.17) is 4.98 Å². The van der Waals surface area contributed by atoms with Gasteiger partial charge in [-0.15, -0.1) is 0 Å². The Morgan fingerprint density at radius 3 is 2.91 bits per heavy atom. The fourth-order valence-corrected chi connectivity index (χ4v) is 4.22. The number of nitrogens with one attached hydrogen (secondary N) is 2. The number of carbonyl (C=O) groups excluding carboxylic acids is 1. The van der Waals surface area contributed by atoms with Crippen LogP contribution in [0.3, 0.4) is 0 Å². The van der Waals surface area contributed by atoms with Crippen LogP contribution in [0.15, 0.2) is 0 Å². The average Bonchev–Trinajstić information content (AvgIpc) is 3.04. The van der Waals surface area contributed by atoms with Crippen molar-refractivity contribution in [1.29, 1.82) is 0 Å². The molecule has 2 fully saturated rings. The van der Waals surface area contributed by atoms with Crippen LogP contribution in [-0.2, 0) is 11.3 Å². The number of piperidine rings is 1. The van der Waals surface area contributed by atoms with Gasteiger partial charge in [-0.2, -0.15) is 5.10 Å². The van der Waals surface area contributed by atoms with E-state index >= 15 is 0 Å². The third-order valence-electron chi connectivity index (χ3n) is 5.83. The predicted octanol–water partition coefficient (Wildman–Crippen LogP) is 1.74. The molecule has 2 aliphatic heterocycles. The zero-order valence-electron chi connectivity index (χ0n) is 14.1. The number of aryl methyl sites for hydroxylation is 1. The van der Waals surface area contributed by atoms with Gasteiger partial charge in [0.05, 0.1) is 6.04 Å². The standard InChI is InChI=1S/C17H27N5O/c1-11(2)14-20-15-13(4-3-9-22(15)21-14)19-16(23)12-10-17(12)5-7-18-8-6-17/h11-13,18H,3-10H2,1-2H3,(H,19,23). The van der Waals surface area contributed by atoms with Crippen LogP contribution >= 0.6 is 0 Å². The minimum atomic E-state index is 0.0376. The lowest BCUT2D eigenvalue weighted by molar-refractivity contribution is -0.124. The van der Waals surface area contributed by atoms with E-state index in [0.29, 0.717) is 11.3 Å². The molecule has 23 heavy (non-hydrogen) atoms. The first-order valence-electron chi connectivity index (χ1n) is 9.05. The minimum absolute atomic E-state index is 0.0376. The molecule has 3 heterocycles. The van der Waals surface area contributed by atoms with Crippen molar-refractivity contribution in [3.05, 3.63) is 11.6 Å². The number of fused-ring (bicyclic) bond motifs is 1. The van der Waals surface area contributed by atoms with E-state index in [1.165, 1.54) is 0 Å². The molecule has 0 aromatic carbocycles. The van der Waals surface area contributed by atoms with E-state index in [0.717, 1.165) is 63.4 Å². The maximum absolute atomic E-state index is 12.7. The highest BCUT2D eigenvalue weighted by Crippen LogP contribution is 2.58. The van der Waals surface area contributed by atoms with Crippen molar-refractivity contribution >= 4 is 5.91 Å². The quantitative estimate of drug-likeness (QED) is 0.891. The summed E-state index contributed by atoms with van der Waals surface area (Å²) in [6, 6.07) is 0.0376. The van der Waals surface area contributed by atoms with Gasteiger partial charge in [-0.25, -0.2) is 9.67 Å². The third kappa shape index (κ3) is 2.67. The molecule has 2 N–H and O–H groups in total. The normalized spacial score (nSPS) is 28.7. The van der Waals surface area contributed by atoms with Crippen LogP contribution in [0.25, 0.3) is 0 Å². The van der Waals surface area contributed by atoms with Crippen LogP contribution in [0.4, 0.5) is 0 Å². The lowest BCUT2D eigenvalue weighted by atomic mass is 9.91. The number of amides is 1. The largest absolute Gasteiger partial charge is 0.346 e. The van der Waals surface area contributed by atoms with Crippen LogP contribution in [0, 0.1) is 11.3 Å². The zero-order valence-corrected chi connectivity index (χ0v) is 14.1. The second-order valence-corrected chi connectivity index (χ2v) is 7.78. The molecule has 1 aromatic rings. The molecule has 1 spiro atoms. The summed E-state index contributed by atoms with van der Waals surface area (Å²) in [4.78, 5) is 17.4. The predicted molar refractivity (Wildman–Crippen MR) is 86.9 cm³/mol. The van der Waals surface area contributed by atoms with Gasteiger partial charge in [-0.3, -0.25) is 4.79 Å². The molecule has 2 atom stereocenters. The van der Waals surface area contributed by atoms with Crippen LogP contribution in [0.1, 0.15) is 69.6 Å². The van der Waals surface area contributed by atoms with Gasteiger partial charge in [0.2, 0.25) is 5.91 Å². The first-order valence-corrected chi connectivity index (χ1v) is 9.05. The number of carbonyl (C=O) groups is 1. The average molecular weight is 317 g/mol. The molecule has 0 radical (unpaired) electrons. The zero-order chi connectivity index (χ0) is 16.0. The molecule has 6 nitrogen and oxygen atoms in total. The molecule has 4 rings (SSSR count). The molecule has 1 saturated carbocycles. The fourth-order valence-electron chi connectivity index (χ4n) is 4.22. The molecule has 1 amide bonds. The van der Waals surface area contributed by atoms with Gasteiger partial charge in [-0.05, 0) is 50.6 Å². The van der Waals surface area contributed by atoms with E-state index in [1.54, 1.807) is 0 Å². The lowest BCUT2D eigenvalue weighted by Crippen LogP contribution is -2.37. The fraction of sp³-hybridized carbons (Fsp3) is 0.824. The van der Waals surface area contributed by atoms with Crippen molar-refractivity contribution in [2.24, 2.45) is 11.3 Å². The molecule has 1 aromatic heterocycles. The van der Waals surface area contributed by atoms with Crippen molar-refractivity contribution in [3.63, 3.8) is 0 Å². The van der Waals surface area contributed by atoms with Crippen molar-refractivity contribution in [3.8, 4) is 0 Å². The molecule has 3 aliphatic rings. The Bertz CT molecular complexity index is 602. The Kier molecular flexibility index (Phi) is 3.67. The smallest absolute Gasteiger partial charge is 0.224 e. The van der Waals surface area contributed by atoms with Gasteiger partial charge >= 0.3 is 0 Å². The Balaban J connectivity index is 1.45. The highest BCUT2D eigenvalue weighted by molar-refractivity contribution is 5.83. The van der Waals surface area contributed by atoms with E-state index in [2.05, 4.69) is 29.6 Å². The number of aromatic nitrogens is 3. The van der Waals surface area contributed by atoms with Gasteiger partial charge in [-0.1, -0.05) is 13.8 Å². The highest BCUT2D eigenvalue weighted by atomic mass is 16.2. The summed E-state index contributed by atoms with van der Waals surface area (Å²) < 4.78 is 2.00. The summed E-state index contributed by atoms with van der Waals surface area (Å²) >= 11 is 0. The van der Waals surface area contributed by atoms with Crippen LogP contribution in [0.2, 0.25) is 0 Å². The Labute approximate surface area is 137 Å². The Morgan fingerprint density at radius 2 is 2.17 bits per heavy atom. The van der Waals surface area contributed by atoms with Crippen molar-refractivity contribution in [2.45, 2.75) is 64.5 Å². The maximum atomic E-state index is 12.7. The Morgan fingerprint density at radius 1 is 1.39 bits per heavy atom. The van der Waals surface area contributed by atoms with E-state index in [-0.39, 0.29) is 17.9 Å². The van der Waals surface area contributed by atoms with Gasteiger partial charge in [0, 0.05) is 18.4 Å². The number of hydrogen-bond acceptors (Lipinski definition) is 4. The van der Waals surface area contributed by atoms with Crippen molar-refractivity contribution in [2.75, 3.05) is 13.1 Å². The number of rotatable bonds is 3. The molecular weight excluding hydrogens is 290 g/mol. The van der Waals surface area contributed by atoms with Crippen LogP contribution < -0.4 is 10.6 Å². The second-order valence-electron chi connectivity index (χ2n) is 7.78. The van der Waals surface area contributed by atoms with Crippen LogP contribution in [0.5, 0.6) is 0 Å². The molecule has 0 bridgehead atoms. The summed E-state index contributed by atoms with van der Waals surface area (Å²) in [6.45, 7) is 7.25. The summed E-state index contributed by atoms with van der Waals surface area (Å²) in [5.41, 5.74) is 0.292. The first-order chi connectivity index (χ1) is 11.1. The molecule has 2 unspecified atom stereocenters. The summed E-state index contributed by atoms with van der Waals surface area (Å²) in [5, 5.41) is 11.3. The topological polar surface area (TPSA) is 71.8 Å². The summed E-state index contributed by atoms with van der Waals surface area (Å²) in [6.07, 6.45) is 5.38. The van der Waals surface area contributed by atoms with Crippen molar-refractivity contribution < 1.29 is 4.79 Å². The van der Waals surface area contributed by atoms with Gasteiger partial charge in [0.15, 0.2) is 5.82 Å².